The number of nitrogens with zero attached hydrogens (tertiary/aromatic N) is 1. The van der Waals surface area contributed by atoms with Gasteiger partial charge < -0.3 is 15.4 Å². The number of nitrogens with one attached hydrogen (secondary N) is 2. The van der Waals surface area contributed by atoms with Gasteiger partial charge in [0.25, 0.3) is 5.91 Å². The van der Waals surface area contributed by atoms with E-state index >= 15 is 0 Å². The molecule has 0 aliphatic rings. The molecule has 0 aliphatic carbocycles. The van der Waals surface area contributed by atoms with Gasteiger partial charge >= 0.3 is 0 Å². The first kappa shape index (κ1) is 20.6. The minimum Gasteiger partial charge on any atom is -0.495 e. The highest BCUT2D eigenvalue weighted by Gasteiger charge is 2.23. The van der Waals surface area contributed by atoms with Gasteiger partial charge in [-0.25, -0.2) is 12.7 Å². The van der Waals surface area contributed by atoms with Crippen LogP contribution in [0.1, 0.15) is 10.4 Å². The van der Waals surface area contributed by atoms with Crippen molar-refractivity contribution in [2.75, 3.05) is 41.3 Å². The Labute approximate surface area is 137 Å². The average Bonchev–Trinajstić information content (AvgIpc) is 2.46. The monoisotopic (exact) mass is 351 g/mol. The fraction of sp³-hybridized carbons (Fsp3) is 0.462. The summed E-state index contributed by atoms with van der Waals surface area (Å²) < 4.78 is 30.6. The van der Waals surface area contributed by atoms with Crippen molar-refractivity contribution in [1.82, 2.24) is 14.9 Å². The van der Waals surface area contributed by atoms with Crippen LogP contribution in [-0.4, -0.2) is 60.0 Å². The van der Waals surface area contributed by atoms with Crippen molar-refractivity contribution in [3.05, 3.63) is 23.8 Å². The highest BCUT2D eigenvalue weighted by atomic mass is 35.5. The standard InChI is InChI=1S/C13H21N3O4S.ClH/c1-14-7-8-15-13(17)10-5-6-11(20-4)12(9-10)21(18,19)16(2)3;/h5-6,9,14H,7-8H2,1-4H3,(H,15,17);1H. The molecule has 0 saturated carbocycles. The summed E-state index contributed by atoms with van der Waals surface area (Å²) in [5.41, 5.74) is 0.271. The Morgan fingerprint density at radius 3 is 2.41 bits per heavy atom. The van der Waals surface area contributed by atoms with Gasteiger partial charge in [-0.1, -0.05) is 0 Å². The number of hydrogen-bond donors (Lipinski definition) is 2. The molecule has 0 aliphatic heterocycles. The van der Waals surface area contributed by atoms with Gasteiger partial charge in [-0.2, -0.15) is 0 Å². The zero-order valence-electron chi connectivity index (χ0n) is 13.0. The lowest BCUT2D eigenvalue weighted by Crippen LogP contribution is -2.30. The molecule has 2 N–H and O–H groups in total. The lowest BCUT2D eigenvalue weighted by molar-refractivity contribution is 0.0954. The van der Waals surface area contributed by atoms with E-state index in [1.807, 2.05) is 0 Å². The normalized spacial score (nSPS) is 11.0. The number of carbonyl (C=O) groups excluding carboxylic acids is 1. The van der Waals surface area contributed by atoms with Crippen molar-refractivity contribution in [2.24, 2.45) is 0 Å². The number of hydrogen-bond acceptors (Lipinski definition) is 5. The molecule has 0 atom stereocenters. The molecule has 1 rings (SSSR count). The molecular weight excluding hydrogens is 330 g/mol. The Morgan fingerprint density at radius 1 is 1.27 bits per heavy atom. The second-order valence-corrected chi connectivity index (χ2v) is 6.63. The molecule has 7 nitrogen and oxygen atoms in total. The lowest BCUT2D eigenvalue weighted by atomic mass is 10.2. The summed E-state index contributed by atoms with van der Waals surface area (Å²) in [6, 6.07) is 4.33. The Kier molecular flexibility index (Phi) is 8.39. The van der Waals surface area contributed by atoms with Gasteiger partial charge in [0.15, 0.2) is 0 Å². The summed E-state index contributed by atoms with van der Waals surface area (Å²) in [5.74, 6) is -0.126. The second-order valence-electron chi connectivity index (χ2n) is 4.51. The summed E-state index contributed by atoms with van der Waals surface area (Å²) in [4.78, 5) is 11.9. The fourth-order valence-electron chi connectivity index (χ4n) is 1.62. The molecule has 1 aromatic carbocycles. The SMILES string of the molecule is CNCCNC(=O)c1ccc(OC)c(S(=O)(=O)N(C)C)c1.Cl. The zero-order valence-corrected chi connectivity index (χ0v) is 14.7. The Balaban J connectivity index is 0.00000441. The first-order valence-electron chi connectivity index (χ1n) is 6.38. The molecule has 0 fully saturated rings. The Morgan fingerprint density at radius 2 is 1.91 bits per heavy atom. The van der Waals surface area contributed by atoms with Crippen LogP contribution in [0, 0.1) is 0 Å². The van der Waals surface area contributed by atoms with Crippen molar-refractivity contribution in [2.45, 2.75) is 4.90 Å². The minimum absolute atomic E-state index is 0. The van der Waals surface area contributed by atoms with E-state index in [9.17, 15) is 13.2 Å². The summed E-state index contributed by atoms with van der Waals surface area (Å²) in [7, 11) is 2.33. The number of rotatable bonds is 7. The third-order valence-corrected chi connectivity index (χ3v) is 4.68. The van der Waals surface area contributed by atoms with E-state index in [0.29, 0.717) is 13.1 Å². The zero-order chi connectivity index (χ0) is 16.0. The topological polar surface area (TPSA) is 87.7 Å². The highest BCUT2D eigenvalue weighted by Crippen LogP contribution is 2.26. The predicted molar refractivity (Wildman–Crippen MR) is 87.4 cm³/mol. The molecule has 126 valence electrons. The number of methoxy groups -OCH3 is 1. The molecule has 0 saturated heterocycles. The molecule has 0 aromatic heterocycles. The van der Waals surface area contributed by atoms with E-state index in [0.717, 1.165) is 4.31 Å². The molecule has 0 bridgehead atoms. The molecule has 9 heteroatoms. The largest absolute Gasteiger partial charge is 0.495 e. The average molecular weight is 352 g/mol. The molecule has 1 aromatic rings. The van der Waals surface area contributed by atoms with E-state index in [1.165, 1.54) is 39.4 Å². The van der Waals surface area contributed by atoms with E-state index in [2.05, 4.69) is 10.6 Å². The van der Waals surface area contributed by atoms with Gasteiger partial charge in [0.05, 0.1) is 7.11 Å². The number of amides is 1. The van der Waals surface area contributed by atoms with E-state index in [-0.39, 0.29) is 34.5 Å². The van der Waals surface area contributed by atoms with Crippen LogP contribution < -0.4 is 15.4 Å². The van der Waals surface area contributed by atoms with Crippen molar-refractivity contribution < 1.29 is 17.9 Å². The summed E-state index contributed by atoms with van der Waals surface area (Å²) >= 11 is 0. The third-order valence-electron chi connectivity index (χ3n) is 2.84. The second kappa shape index (κ2) is 8.94. The molecule has 0 unspecified atom stereocenters. The number of halogens is 1. The molecule has 0 heterocycles. The van der Waals surface area contributed by atoms with Crippen LogP contribution in [0.2, 0.25) is 0 Å². The van der Waals surface area contributed by atoms with Crippen LogP contribution >= 0.6 is 12.4 Å². The van der Waals surface area contributed by atoms with Crippen LogP contribution in [0.25, 0.3) is 0 Å². The van der Waals surface area contributed by atoms with E-state index in [4.69, 9.17) is 4.74 Å². The van der Waals surface area contributed by atoms with Crippen molar-refractivity contribution in [3.63, 3.8) is 0 Å². The molecule has 0 radical (unpaired) electrons. The van der Waals surface area contributed by atoms with Crippen LogP contribution in [0.15, 0.2) is 23.1 Å². The first-order valence-corrected chi connectivity index (χ1v) is 7.82. The predicted octanol–water partition coefficient (Wildman–Crippen LogP) is 0.316. The lowest BCUT2D eigenvalue weighted by Gasteiger charge is -2.15. The number of benzene rings is 1. The van der Waals surface area contributed by atoms with Crippen LogP contribution in [0.3, 0.4) is 0 Å². The van der Waals surface area contributed by atoms with Crippen molar-refractivity contribution >= 4 is 28.3 Å². The summed E-state index contributed by atoms with van der Waals surface area (Å²) in [5, 5.41) is 5.60. The van der Waals surface area contributed by atoms with Crippen molar-refractivity contribution in [1.29, 1.82) is 0 Å². The van der Waals surface area contributed by atoms with Gasteiger partial charge in [-0.3, -0.25) is 4.79 Å². The molecule has 1 amide bonds. The Hall–Kier alpha value is -1.35. The van der Waals surface area contributed by atoms with Gasteiger partial charge in [0.2, 0.25) is 10.0 Å². The first-order chi connectivity index (χ1) is 9.84. The van der Waals surface area contributed by atoms with E-state index in [1.54, 1.807) is 7.05 Å². The van der Waals surface area contributed by atoms with Gasteiger partial charge in [0.1, 0.15) is 10.6 Å². The van der Waals surface area contributed by atoms with Crippen molar-refractivity contribution in [3.8, 4) is 5.75 Å². The van der Waals surface area contributed by atoms with Gasteiger partial charge in [-0.15, -0.1) is 12.4 Å². The number of carbonyl (C=O) groups is 1. The maximum Gasteiger partial charge on any atom is 0.251 e. The molecule has 0 spiro atoms. The summed E-state index contributed by atoms with van der Waals surface area (Å²) in [6.07, 6.45) is 0. The fourth-order valence-corrected chi connectivity index (χ4v) is 2.69. The van der Waals surface area contributed by atoms with Crippen LogP contribution in [0.4, 0.5) is 0 Å². The number of sulfonamides is 1. The summed E-state index contributed by atoms with van der Waals surface area (Å²) in [6.45, 7) is 1.09. The van der Waals surface area contributed by atoms with E-state index < -0.39 is 10.0 Å². The Bertz CT molecular complexity index is 605. The van der Waals surface area contributed by atoms with Gasteiger partial charge in [0, 0.05) is 32.7 Å². The highest BCUT2D eigenvalue weighted by molar-refractivity contribution is 7.89. The number of ether oxygens (including phenoxy) is 1. The molecule has 22 heavy (non-hydrogen) atoms. The smallest absolute Gasteiger partial charge is 0.251 e. The third kappa shape index (κ3) is 4.84. The van der Waals surface area contributed by atoms with Gasteiger partial charge in [-0.05, 0) is 25.2 Å². The maximum atomic E-state index is 12.3. The molecular formula is C13H22ClN3O4S. The number of likely N-dealkylation sites (N-methyl/N-ethyl adjacent to an activating group) is 1. The van der Waals surface area contributed by atoms with Crippen LogP contribution in [0.5, 0.6) is 5.75 Å². The van der Waals surface area contributed by atoms with Crippen LogP contribution in [-0.2, 0) is 10.0 Å². The minimum atomic E-state index is -3.68. The maximum absolute atomic E-state index is 12.3. The quantitative estimate of drug-likeness (QED) is 0.691.